The van der Waals surface area contributed by atoms with Crippen molar-refractivity contribution >= 4 is 22.8 Å². The highest BCUT2D eigenvalue weighted by atomic mass is 32.2. The standard InChI is InChI=1S/C20H30N2O3S/c1-19(2,3)14-9-13(10-15(17(14)23)20(4,5)6)11-16-18(24)22(21(7)8)12-26(16)25/h9-11,23H,12H2,1-8H3. The second-order valence-electron chi connectivity index (χ2n) is 9.00. The van der Waals surface area contributed by atoms with Gasteiger partial charge in [0, 0.05) is 25.2 Å². The largest absolute Gasteiger partial charge is 0.507 e. The number of carbonyl (C=O) groups is 1. The second kappa shape index (κ2) is 6.82. The van der Waals surface area contributed by atoms with Crippen molar-refractivity contribution in [2.24, 2.45) is 0 Å². The molecule has 144 valence electrons. The summed E-state index contributed by atoms with van der Waals surface area (Å²) < 4.78 is 12.4. The number of hydrogen-bond acceptors (Lipinski definition) is 4. The molecule has 1 N–H and O–H groups in total. The normalized spacial score (nSPS) is 20.5. The molecule has 2 rings (SSSR count). The summed E-state index contributed by atoms with van der Waals surface area (Å²) in [5.74, 6) is 0.227. The Balaban J connectivity index is 2.64. The maximum atomic E-state index is 12.6. The lowest BCUT2D eigenvalue weighted by atomic mass is 9.78. The molecule has 1 saturated heterocycles. The van der Waals surface area contributed by atoms with Crippen LogP contribution in [-0.4, -0.2) is 45.2 Å². The van der Waals surface area contributed by atoms with Crippen molar-refractivity contribution < 1.29 is 14.1 Å². The molecule has 1 heterocycles. The van der Waals surface area contributed by atoms with Crippen LogP contribution in [0.25, 0.3) is 6.08 Å². The van der Waals surface area contributed by atoms with Crippen LogP contribution in [0.2, 0.25) is 0 Å². The molecule has 1 unspecified atom stereocenters. The first-order valence-corrected chi connectivity index (χ1v) is 10.0. The topological polar surface area (TPSA) is 60.9 Å². The van der Waals surface area contributed by atoms with Crippen LogP contribution < -0.4 is 0 Å². The van der Waals surface area contributed by atoms with Gasteiger partial charge in [0.1, 0.15) is 16.5 Å². The zero-order valence-electron chi connectivity index (χ0n) is 17.0. The van der Waals surface area contributed by atoms with Crippen LogP contribution in [0.15, 0.2) is 17.0 Å². The summed E-state index contributed by atoms with van der Waals surface area (Å²) in [5.41, 5.74) is 1.91. The van der Waals surface area contributed by atoms with Crippen LogP contribution in [0, 0.1) is 0 Å². The van der Waals surface area contributed by atoms with Crippen LogP contribution in [0.5, 0.6) is 5.75 Å². The Morgan fingerprint density at radius 2 is 1.54 bits per heavy atom. The Hall–Kier alpha value is -1.66. The molecule has 0 spiro atoms. The number of nitrogens with zero attached hydrogens (tertiary/aromatic N) is 2. The zero-order chi connectivity index (χ0) is 20.0. The summed E-state index contributed by atoms with van der Waals surface area (Å²) in [6.45, 7) is 12.2. The molecule has 1 aromatic rings. The summed E-state index contributed by atoms with van der Waals surface area (Å²) in [4.78, 5) is 12.9. The number of benzene rings is 1. The number of hydrazine groups is 1. The Bertz CT molecular complexity index is 748. The molecule has 0 saturated carbocycles. The summed E-state index contributed by atoms with van der Waals surface area (Å²) in [7, 11) is 2.15. The molecule has 5 nitrogen and oxygen atoms in total. The van der Waals surface area contributed by atoms with Gasteiger partial charge < -0.3 is 5.11 Å². The summed E-state index contributed by atoms with van der Waals surface area (Å²) in [6, 6.07) is 3.78. The third-order valence-electron chi connectivity index (χ3n) is 4.46. The number of aromatic hydroxyl groups is 1. The Morgan fingerprint density at radius 1 is 1.08 bits per heavy atom. The third kappa shape index (κ3) is 4.01. The maximum absolute atomic E-state index is 12.6. The lowest BCUT2D eigenvalue weighted by Gasteiger charge is -2.28. The van der Waals surface area contributed by atoms with Crippen molar-refractivity contribution in [2.75, 3.05) is 20.0 Å². The number of rotatable bonds is 2. The smallest absolute Gasteiger partial charge is 0.278 e. The van der Waals surface area contributed by atoms with Crippen LogP contribution in [0.3, 0.4) is 0 Å². The number of carbonyl (C=O) groups excluding carboxylic acids is 1. The Kier molecular flexibility index (Phi) is 5.41. The summed E-state index contributed by atoms with van der Waals surface area (Å²) in [6.07, 6.45) is 1.70. The van der Waals surface area contributed by atoms with Gasteiger partial charge in [0.25, 0.3) is 5.91 Å². The fourth-order valence-corrected chi connectivity index (χ4v) is 4.20. The maximum Gasteiger partial charge on any atom is 0.278 e. The number of phenolic OH excluding ortho intramolecular Hbond substituents is 1. The molecular weight excluding hydrogens is 348 g/mol. The zero-order valence-corrected chi connectivity index (χ0v) is 17.8. The van der Waals surface area contributed by atoms with E-state index in [0.29, 0.717) is 10.7 Å². The number of amides is 1. The minimum atomic E-state index is -1.37. The molecule has 6 heteroatoms. The SMILES string of the molecule is CN(C)N1CS(=O)C(=Cc2cc(C(C)(C)C)c(O)c(C(C)(C)C)c2)C1=O. The van der Waals surface area contributed by atoms with E-state index < -0.39 is 10.8 Å². The van der Waals surface area contributed by atoms with E-state index in [0.717, 1.165) is 16.7 Å². The van der Waals surface area contributed by atoms with E-state index in [1.807, 2.05) is 53.7 Å². The van der Waals surface area contributed by atoms with E-state index in [-0.39, 0.29) is 22.6 Å². The molecule has 26 heavy (non-hydrogen) atoms. The van der Waals surface area contributed by atoms with Crippen molar-refractivity contribution in [1.29, 1.82) is 0 Å². The fourth-order valence-electron chi connectivity index (χ4n) is 2.92. The number of phenols is 1. The molecule has 1 aliphatic heterocycles. The van der Waals surface area contributed by atoms with Gasteiger partial charge in [-0.1, -0.05) is 41.5 Å². The minimum absolute atomic E-state index is 0.175. The van der Waals surface area contributed by atoms with Crippen molar-refractivity contribution in [3.63, 3.8) is 0 Å². The van der Waals surface area contributed by atoms with E-state index in [4.69, 9.17) is 0 Å². The second-order valence-corrected chi connectivity index (χ2v) is 10.4. The van der Waals surface area contributed by atoms with E-state index in [1.54, 1.807) is 25.2 Å². The van der Waals surface area contributed by atoms with Crippen molar-refractivity contribution in [3.8, 4) is 5.75 Å². The molecule has 1 atom stereocenters. The van der Waals surface area contributed by atoms with E-state index in [2.05, 4.69) is 0 Å². The van der Waals surface area contributed by atoms with E-state index >= 15 is 0 Å². The first kappa shape index (κ1) is 20.6. The third-order valence-corrected chi connectivity index (χ3v) is 5.72. The molecule has 1 fully saturated rings. The molecule has 1 amide bonds. The van der Waals surface area contributed by atoms with Crippen LogP contribution >= 0.6 is 0 Å². The predicted octanol–water partition coefficient (Wildman–Crippen LogP) is 3.35. The van der Waals surface area contributed by atoms with Crippen LogP contribution in [-0.2, 0) is 26.4 Å². The highest BCUT2D eigenvalue weighted by molar-refractivity contribution is 7.90. The highest BCUT2D eigenvalue weighted by Gasteiger charge is 2.34. The lowest BCUT2D eigenvalue weighted by molar-refractivity contribution is -0.136. The molecule has 0 aliphatic carbocycles. The molecule has 0 bridgehead atoms. The molecular formula is C20H30N2O3S. The van der Waals surface area contributed by atoms with Gasteiger partial charge >= 0.3 is 0 Å². The Labute approximate surface area is 159 Å². The minimum Gasteiger partial charge on any atom is -0.507 e. The van der Waals surface area contributed by atoms with Gasteiger partial charge in [-0.25, -0.2) is 5.01 Å². The van der Waals surface area contributed by atoms with Gasteiger partial charge in [0.05, 0.1) is 10.8 Å². The van der Waals surface area contributed by atoms with Crippen molar-refractivity contribution in [2.45, 2.75) is 52.4 Å². The van der Waals surface area contributed by atoms with E-state index in [1.165, 1.54) is 5.01 Å². The first-order valence-electron chi connectivity index (χ1n) is 8.70. The highest BCUT2D eigenvalue weighted by Crippen LogP contribution is 2.40. The van der Waals surface area contributed by atoms with Gasteiger partial charge in [0.2, 0.25) is 0 Å². The predicted molar refractivity (Wildman–Crippen MR) is 107 cm³/mol. The fraction of sp³-hybridized carbons (Fsp3) is 0.550. The quantitative estimate of drug-likeness (QED) is 0.802. The van der Waals surface area contributed by atoms with Crippen molar-refractivity contribution in [3.05, 3.63) is 33.7 Å². The van der Waals surface area contributed by atoms with E-state index in [9.17, 15) is 14.1 Å². The summed E-state index contributed by atoms with van der Waals surface area (Å²) in [5, 5.41) is 13.9. The average Bonchev–Trinajstić information content (AvgIpc) is 2.74. The number of hydrogen-bond donors (Lipinski definition) is 1. The molecule has 1 aliphatic rings. The van der Waals surface area contributed by atoms with Gasteiger partial charge in [-0.15, -0.1) is 0 Å². The molecule has 0 radical (unpaired) electrons. The first-order chi connectivity index (χ1) is 11.7. The van der Waals surface area contributed by atoms with Crippen LogP contribution in [0.1, 0.15) is 58.2 Å². The van der Waals surface area contributed by atoms with Gasteiger partial charge in [-0.05, 0) is 34.6 Å². The van der Waals surface area contributed by atoms with Gasteiger partial charge in [-0.3, -0.25) is 14.0 Å². The Morgan fingerprint density at radius 3 is 1.88 bits per heavy atom. The lowest BCUT2D eigenvalue weighted by Crippen LogP contribution is -2.38. The molecule has 1 aromatic carbocycles. The summed E-state index contributed by atoms with van der Waals surface area (Å²) >= 11 is 0. The molecule has 0 aromatic heterocycles. The monoisotopic (exact) mass is 378 g/mol. The van der Waals surface area contributed by atoms with Gasteiger partial charge in [0.15, 0.2) is 0 Å². The van der Waals surface area contributed by atoms with Crippen molar-refractivity contribution in [1.82, 2.24) is 10.0 Å². The van der Waals surface area contributed by atoms with Gasteiger partial charge in [-0.2, -0.15) is 0 Å². The van der Waals surface area contributed by atoms with Crippen LogP contribution in [0.4, 0.5) is 0 Å². The average molecular weight is 379 g/mol.